The Morgan fingerprint density at radius 3 is 2.52 bits per heavy atom. The summed E-state index contributed by atoms with van der Waals surface area (Å²) in [6.45, 7) is 0.693. The first-order valence-corrected chi connectivity index (χ1v) is 9.89. The van der Waals surface area contributed by atoms with Crippen molar-refractivity contribution in [2.45, 2.75) is 12.9 Å². The Kier molecular flexibility index (Phi) is 4.96. The van der Waals surface area contributed by atoms with Crippen LogP contribution in [-0.4, -0.2) is 19.2 Å². The number of nitrogens with zero attached hydrogens (tertiary/aromatic N) is 1. The summed E-state index contributed by atoms with van der Waals surface area (Å²) in [5, 5.41) is 1.03. The van der Waals surface area contributed by atoms with E-state index in [1.165, 1.54) is 5.56 Å². The van der Waals surface area contributed by atoms with Crippen molar-refractivity contribution in [1.82, 2.24) is 4.98 Å². The Morgan fingerprint density at radius 1 is 0.871 bits per heavy atom. The van der Waals surface area contributed by atoms with Crippen molar-refractivity contribution in [2.75, 3.05) is 14.2 Å². The summed E-state index contributed by atoms with van der Waals surface area (Å²) in [5.74, 6) is 3.97. The Morgan fingerprint density at radius 2 is 1.71 bits per heavy atom. The van der Waals surface area contributed by atoms with Crippen molar-refractivity contribution in [1.29, 1.82) is 0 Å². The molecule has 1 aromatic heterocycles. The molecule has 31 heavy (non-hydrogen) atoms. The zero-order valence-corrected chi connectivity index (χ0v) is 17.2. The largest absolute Gasteiger partial charge is 0.497 e. The number of fused-ring (bicyclic) bond motifs is 4. The molecule has 2 aliphatic rings. The minimum atomic E-state index is -0.493. The van der Waals surface area contributed by atoms with Crippen LogP contribution in [0, 0.1) is 0 Å². The maximum Gasteiger partial charge on any atom is 0.271 e. The van der Waals surface area contributed by atoms with E-state index in [1.807, 2.05) is 66.7 Å². The fourth-order valence-electron chi connectivity index (χ4n) is 3.59. The molecule has 6 heteroatoms. The number of methoxy groups -OCH3 is 2. The molecule has 0 N–H and O–H groups in total. The topological polar surface area (TPSA) is 59.0 Å². The normalized spacial score (nSPS) is 15.1. The fraction of sp³-hybridized carbons (Fsp3) is 0.160. The van der Waals surface area contributed by atoms with Gasteiger partial charge in [0.05, 0.1) is 25.3 Å². The zero-order valence-electron chi connectivity index (χ0n) is 17.2. The van der Waals surface area contributed by atoms with Gasteiger partial charge in [-0.3, -0.25) is 4.98 Å². The van der Waals surface area contributed by atoms with E-state index in [2.05, 4.69) is 4.98 Å². The molecule has 0 aliphatic carbocycles. The Hall–Kier alpha value is -3.93. The second-order valence-corrected chi connectivity index (χ2v) is 7.11. The molecule has 0 radical (unpaired) electrons. The predicted octanol–water partition coefficient (Wildman–Crippen LogP) is 5.30. The van der Waals surface area contributed by atoms with Gasteiger partial charge in [-0.25, -0.2) is 0 Å². The van der Waals surface area contributed by atoms with E-state index in [9.17, 15) is 0 Å². The van der Waals surface area contributed by atoms with Gasteiger partial charge >= 0.3 is 0 Å². The molecular formula is C25H21NO5. The zero-order chi connectivity index (χ0) is 21.2. The second kappa shape index (κ2) is 8.07. The Labute approximate surface area is 179 Å². The molecule has 1 atom stereocenters. The number of ether oxygens (including phenoxy) is 5. The highest BCUT2D eigenvalue weighted by Crippen LogP contribution is 2.44. The van der Waals surface area contributed by atoms with Gasteiger partial charge in [-0.05, 0) is 42.0 Å². The van der Waals surface area contributed by atoms with Crippen molar-refractivity contribution in [3.8, 4) is 28.7 Å². The van der Waals surface area contributed by atoms with Crippen LogP contribution in [-0.2, 0) is 6.61 Å². The first-order chi connectivity index (χ1) is 15.2. The lowest BCUT2D eigenvalue weighted by molar-refractivity contribution is 0.0465. The van der Waals surface area contributed by atoms with E-state index in [1.54, 1.807) is 20.4 Å². The van der Waals surface area contributed by atoms with Crippen LogP contribution in [0.15, 0.2) is 72.9 Å². The molecule has 2 bridgehead atoms. The van der Waals surface area contributed by atoms with Gasteiger partial charge in [-0.15, -0.1) is 0 Å². The van der Waals surface area contributed by atoms with Crippen LogP contribution in [0.3, 0.4) is 0 Å². The maximum atomic E-state index is 5.91. The molecule has 6 rings (SSSR count). The minimum Gasteiger partial charge on any atom is -0.497 e. The average molecular weight is 415 g/mol. The van der Waals surface area contributed by atoms with Crippen molar-refractivity contribution >= 4 is 10.9 Å². The monoisotopic (exact) mass is 415 g/mol. The van der Waals surface area contributed by atoms with Gasteiger partial charge in [0.2, 0.25) is 0 Å². The molecular weight excluding hydrogens is 394 g/mol. The van der Waals surface area contributed by atoms with Gasteiger partial charge in [0.15, 0.2) is 11.5 Å². The van der Waals surface area contributed by atoms with E-state index >= 15 is 0 Å². The van der Waals surface area contributed by atoms with Crippen molar-refractivity contribution in [3.63, 3.8) is 0 Å². The highest BCUT2D eigenvalue weighted by atomic mass is 16.7. The van der Waals surface area contributed by atoms with Gasteiger partial charge < -0.3 is 23.7 Å². The third kappa shape index (κ3) is 3.80. The van der Waals surface area contributed by atoms with Crippen LogP contribution < -0.4 is 23.7 Å². The molecule has 6 nitrogen and oxygen atoms in total. The number of aromatic nitrogens is 1. The summed E-state index contributed by atoms with van der Waals surface area (Å²) in [6, 6.07) is 21.3. The Balaban J connectivity index is 0.000000171. The molecule has 0 saturated carbocycles. The summed E-state index contributed by atoms with van der Waals surface area (Å²) in [5.41, 5.74) is 2.95. The summed E-state index contributed by atoms with van der Waals surface area (Å²) < 4.78 is 27.5. The van der Waals surface area contributed by atoms with Crippen LogP contribution in [0.5, 0.6) is 28.7 Å². The number of rotatable bonds is 3. The fourth-order valence-corrected chi connectivity index (χ4v) is 3.59. The minimum absolute atomic E-state index is 0.493. The number of hydrogen-bond acceptors (Lipinski definition) is 6. The molecule has 1 unspecified atom stereocenters. The molecule has 4 aromatic rings. The molecule has 3 heterocycles. The van der Waals surface area contributed by atoms with E-state index in [0.29, 0.717) is 12.4 Å². The number of hydrogen-bond donors (Lipinski definition) is 0. The molecule has 0 amide bonds. The van der Waals surface area contributed by atoms with Gasteiger partial charge in [-0.2, -0.15) is 0 Å². The summed E-state index contributed by atoms with van der Waals surface area (Å²) in [6.07, 6.45) is 1.27. The molecule has 0 fully saturated rings. The predicted molar refractivity (Wildman–Crippen MR) is 116 cm³/mol. The van der Waals surface area contributed by atoms with Gasteiger partial charge in [0.1, 0.15) is 23.9 Å². The van der Waals surface area contributed by atoms with Crippen LogP contribution in [0.4, 0.5) is 0 Å². The third-order valence-corrected chi connectivity index (χ3v) is 5.11. The van der Waals surface area contributed by atoms with Crippen molar-refractivity contribution in [3.05, 3.63) is 84.1 Å². The lowest BCUT2D eigenvalue weighted by atomic mass is 10.2. The highest BCUT2D eigenvalue weighted by molar-refractivity contribution is 5.82. The van der Waals surface area contributed by atoms with Gasteiger partial charge in [-0.1, -0.05) is 18.2 Å². The molecule has 0 spiro atoms. The van der Waals surface area contributed by atoms with Gasteiger partial charge in [0, 0.05) is 23.7 Å². The Bertz CT molecular complexity index is 1170. The smallest absolute Gasteiger partial charge is 0.271 e. The molecule has 0 saturated heterocycles. The van der Waals surface area contributed by atoms with Crippen LogP contribution in [0.2, 0.25) is 0 Å². The molecule has 156 valence electrons. The quantitative estimate of drug-likeness (QED) is 0.453. The first kappa shape index (κ1) is 19.1. The lowest BCUT2D eigenvalue weighted by Gasteiger charge is -2.13. The van der Waals surface area contributed by atoms with Crippen molar-refractivity contribution < 1.29 is 23.7 Å². The summed E-state index contributed by atoms with van der Waals surface area (Å²) in [7, 11) is 3.30. The van der Waals surface area contributed by atoms with Crippen LogP contribution >= 0.6 is 0 Å². The van der Waals surface area contributed by atoms with E-state index in [0.717, 1.165) is 39.5 Å². The second-order valence-electron chi connectivity index (χ2n) is 7.11. The number of pyridine rings is 1. The third-order valence-electron chi connectivity index (χ3n) is 5.11. The average Bonchev–Trinajstić information content (AvgIpc) is 3.39. The lowest BCUT2D eigenvalue weighted by Crippen LogP contribution is -2.09. The van der Waals surface area contributed by atoms with Crippen LogP contribution in [0.1, 0.15) is 17.4 Å². The number of benzene rings is 3. The maximum absolute atomic E-state index is 5.91. The standard InChI is InChI=1S/C17H13NO3.C8H8O2/c1-19-14-7-3-2-6-12(14)17-20-15-9-11-5-4-8-18-13(11)10-16(15)21-17;1-9-7-2-6-3-8(4-7)10-5-6/h2-10,17H,1H3;2-4H,5H2,1H3. The van der Waals surface area contributed by atoms with Crippen LogP contribution in [0.25, 0.3) is 10.9 Å². The highest BCUT2D eigenvalue weighted by Gasteiger charge is 2.28. The van der Waals surface area contributed by atoms with Gasteiger partial charge in [0.25, 0.3) is 6.29 Å². The van der Waals surface area contributed by atoms with E-state index in [-0.39, 0.29) is 0 Å². The van der Waals surface area contributed by atoms with E-state index < -0.39 is 6.29 Å². The summed E-state index contributed by atoms with van der Waals surface area (Å²) >= 11 is 0. The van der Waals surface area contributed by atoms with Crippen molar-refractivity contribution in [2.24, 2.45) is 0 Å². The molecule has 3 aromatic carbocycles. The number of para-hydroxylation sites is 1. The molecule has 2 aliphatic heterocycles. The SMILES string of the molecule is COc1cc2cc(c1)OC2.COc1ccccc1C1Oc2cc3cccnc3cc2O1. The summed E-state index contributed by atoms with van der Waals surface area (Å²) in [4.78, 5) is 4.33. The van der Waals surface area contributed by atoms with E-state index in [4.69, 9.17) is 23.7 Å². The first-order valence-electron chi connectivity index (χ1n) is 9.89.